The fraction of sp³-hybridized carbons (Fsp3) is 0.417. The predicted octanol–water partition coefficient (Wildman–Crippen LogP) is 3.21. The number of likely N-dealkylation sites (tertiary alicyclic amines) is 1. The zero-order valence-corrected chi connectivity index (χ0v) is 18.1. The highest BCUT2D eigenvalue weighted by molar-refractivity contribution is 5.80. The van der Waals surface area contributed by atoms with Gasteiger partial charge in [0.1, 0.15) is 0 Å². The first-order valence-electron chi connectivity index (χ1n) is 10.6. The number of carbonyl (C=O) groups excluding carboxylic acids is 2. The number of hydrogen-bond donors (Lipinski definition) is 2. The van der Waals surface area contributed by atoms with Crippen LogP contribution in [0.1, 0.15) is 37.3 Å². The number of carbonyl (C=O) groups is 2. The van der Waals surface area contributed by atoms with E-state index in [4.69, 9.17) is 9.47 Å². The molecule has 2 aliphatic heterocycles. The molecule has 1 saturated heterocycles. The summed E-state index contributed by atoms with van der Waals surface area (Å²) in [5.74, 6) is 1.18. The van der Waals surface area contributed by atoms with Gasteiger partial charge in [-0.05, 0) is 41.8 Å². The highest BCUT2D eigenvalue weighted by Crippen LogP contribution is 2.40. The van der Waals surface area contributed by atoms with Crippen molar-refractivity contribution in [3.63, 3.8) is 0 Å². The zero-order valence-electron chi connectivity index (χ0n) is 18.1. The average molecular weight is 424 g/mol. The minimum absolute atomic E-state index is 0.0166. The molecule has 164 valence electrons. The SMILES string of the molecule is COc1ccc2cc1Oc1cc(ccc1O)CCC(=O)N[C@@H]1CN(C(=O)C(C)C)C[C@@H]21. The van der Waals surface area contributed by atoms with Crippen molar-refractivity contribution >= 4 is 11.8 Å². The standard InChI is InChI=1S/C24H28N2O5/c1-14(2)24(29)26-12-17-16-6-8-20(30-3)22(11-16)31-21-10-15(4-7-19(21)27)5-9-23(28)25-18(17)13-26/h4,6-8,10-11,14,17-18,27H,5,9,12-13H2,1-3H3,(H,25,28)/t17-,18+/m0/s1. The van der Waals surface area contributed by atoms with Gasteiger partial charge in [-0.25, -0.2) is 0 Å². The van der Waals surface area contributed by atoms with Gasteiger partial charge in [-0.3, -0.25) is 9.59 Å². The van der Waals surface area contributed by atoms with E-state index in [2.05, 4.69) is 5.32 Å². The van der Waals surface area contributed by atoms with Crippen LogP contribution in [0.4, 0.5) is 0 Å². The summed E-state index contributed by atoms with van der Waals surface area (Å²) in [5.41, 5.74) is 1.83. The van der Waals surface area contributed by atoms with Crippen LogP contribution in [0.2, 0.25) is 0 Å². The van der Waals surface area contributed by atoms with Crippen LogP contribution in [-0.4, -0.2) is 48.1 Å². The number of fused-ring (bicyclic) bond motifs is 6. The number of ether oxygens (including phenoxy) is 2. The third-order valence-corrected chi connectivity index (χ3v) is 5.97. The number of hydrogen-bond acceptors (Lipinski definition) is 5. The van der Waals surface area contributed by atoms with Crippen molar-refractivity contribution in [2.75, 3.05) is 20.2 Å². The molecule has 2 aromatic rings. The van der Waals surface area contributed by atoms with Crippen molar-refractivity contribution in [3.8, 4) is 23.0 Å². The summed E-state index contributed by atoms with van der Waals surface area (Å²) in [6.45, 7) is 4.76. The lowest BCUT2D eigenvalue weighted by Gasteiger charge is -2.21. The quantitative estimate of drug-likeness (QED) is 0.773. The third-order valence-electron chi connectivity index (χ3n) is 5.97. The molecule has 2 aliphatic rings. The summed E-state index contributed by atoms with van der Waals surface area (Å²) in [6, 6.07) is 10.5. The topological polar surface area (TPSA) is 88.1 Å². The van der Waals surface area contributed by atoms with E-state index in [0.717, 1.165) is 11.1 Å². The number of amides is 2. The van der Waals surface area contributed by atoms with Crippen molar-refractivity contribution in [1.82, 2.24) is 10.2 Å². The highest BCUT2D eigenvalue weighted by atomic mass is 16.5. The Labute approximate surface area is 182 Å². The number of aromatic hydroxyl groups is 1. The Morgan fingerprint density at radius 2 is 1.97 bits per heavy atom. The van der Waals surface area contributed by atoms with E-state index in [1.54, 1.807) is 25.3 Å². The number of aryl methyl sites for hydroxylation is 1. The molecule has 1 fully saturated rings. The largest absolute Gasteiger partial charge is 0.504 e. The highest BCUT2D eigenvalue weighted by Gasteiger charge is 2.38. The van der Waals surface area contributed by atoms with Crippen LogP contribution < -0.4 is 14.8 Å². The third kappa shape index (κ3) is 4.31. The molecule has 0 aliphatic carbocycles. The van der Waals surface area contributed by atoms with Gasteiger partial charge in [0, 0.05) is 31.3 Å². The average Bonchev–Trinajstić information content (AvgIpc) is 3.16. The molecular weight excluding hydrogens is 396 g/mol. The summed E-state index contributed by atoms with van der Waals surface area (Å²) in [7, 11) is 1.56. The van der Waals surface area contributed by atoms with Crippen molar-refractivity contribution < 1.29 is 24.2 Å². The molecule has 2 aromatic carbocycles. The van der Waals surface area contributed by atoms with Gasteiger partial charge in [0.05, 0.1) is 13.2 Å². The first kappa shape index (κ1) is 21.0. The molecule has 4 bridgehead atoms. The number of nitrogens with one attached hydrogen (secondary N) is 1. The lowest BCUT2D eigenvalue weighted by molar-refractivity contribution is -0.133. The maximum Gasteiger partial charge on any atom is 0.225 e. The van der Waals surface area contributed by atoms with Gasteiger partial charge in [0.15, 0.2) is 23.0 Å². The smallest absolute Gasteiger partial charge is 0.225 e. The molecule has 2 heterocycles. The Hall–Kier alpha value is -3.22. The van der Waals surface area contributed by atoms with Gasteiger partial charge < -0.3 is 24.8 Å². The lowest BCUT2D eigenvalue weighted by Crippen LogP contribution is -2.41. The molecule has 2 atom stereocenters. The fourth-order valence-electron chi connectivity index (χ4n) is 4.29. The van der Waals surface area contributed by atoms with E-state index in [-0.39, 0.29) is 35.4 Å². The maximum atomic E-state index is 12.7. The van der Waals surface area contributed by atoms with Crippen molar-refractivity contribution in [2.24, 2.45) is 5.92 Å². The summed E-state index contributed by atoms with van der Waals surface area (Å²) in [5, 5.41) is 13.4. The van der Waals surface area contributed by atoms with Gasteiger partial charge in [-0.15, -0.1) is 0 Å². The Bertz CT molecular complexity index is 1000. The van der Waals surface area contributed by atoms with Crippen molar-refractivity contribution in [1.29, 1.82) is 0 Å². The van der Waals surface area contributed by atoms with E-state index >= 15 is 0 Å². The van der Waals surface area contributed by atoms with Gasteiger partial charge in [0.2, 0.25) is 11.8 Å². The number of benzene rings is 2. The molecule has 0 aromatic heterocycles. The van der Waals surface area contributed by atoms with Crippen LogP contribution in [0.25, 0.3) is 0 Å². The van der Waals surface area contributed by atoms with Crippen LogP contribution in [0.3, 0.4) is 0 Å². The molecule has 2 N–H and O–H groups in total. The monoisotopic (exact) mass is 424 g/mol. The second kappa shape index (κ2) is 8.49. The molecule has 7 heteroatoms. The van der Waals surface area contributed by atoms with Gasteiger partial charge in [-0.1, -0.05) is 26.0 Å². The second-order valence-corrected chi connectivity index (χ2v) is 8.49. The van der Waals surface area contributed by atoms with E-state index < -0.39 is 0 Å². The molecular formula is C24H28N2O5. The molecule has 0 saturated carbocycles. The van der Waals surface area contributed by atoms with Gasteiger partial charge in [-0.2, -0.15) is 0 Å². The summed E-state index contributed by atoms with van der Waals surface area (Å²) in [4.78, 5) is 27.2. The van der Waals surface area contributed by atoms with Crippen molar-refractivity contribution in [2.45, 2.75) is 38.6 Å². The lowest BCUT2D eigenvalue weighted by atomic mass is 9.93. The van der Waals surface area contributed by atoms with Crippen LogP contribution in [0.5, 0.6) is 23.0 Å². The Morgan fingerprint density at radius 3 is 2.71 bits per heavy atom. The molecule has 2 amide bonds. The normalized spacial score (nSPS) is 20.6. The summed E-state index contributed by atoms with van der Waals surface area (Å²) in [6.07, 6.45) is 0.829. The zero-order chi connectivity index (χ0) is 22.1. The Morgan fingerprint density at radius 1 is 1.16 bits per heavy atom. The minimum atomic E-state index is -0.186. The first-order chi connectivity index (χ1) is 14.9. The van der Waals surface area contributed by atoms with E-state index in [1.165, 1.54) is 0 Å². The van der Waals surface area contributed by atoms with Gasteiger partial charge in [0.25, 0.3) is 0 Å². The molecule has 4 rings (SSSR count). The van der Waals surface area contributed by atoms with E-state index in [0.29, 0.717) is 43.2 Å². The van der Waals surface area contributed by atoms with Crippen LogP contribution in [0.15, 0.2) is 36.4 Å². The molecule has 31 heavy (non-hydrogen) atoms. The Balaban J connectivity index is 1.76. The molecule has 0 unspecified atom stereocenters. The van der Waals surface area contributed by atoms with Crippen LogP contribution >= 0.6 is 0 Å². The van der Waals surface area contributed by atoms with Crippen LogP contribution in [0, 0.1) is 5.92 Å². The Kier molecular flexibility index (Phi) is 5.76. The predicted molar refractivity (Wildman–Crippen MR) is 116 cm³/mol. The van der Waals surface area contributed by atoms with Gasteiger partial charge >= 0.3 is 0 Å². The summed E-state index contributed by atoms with van der Waals surface area (Å²) >= 11 is 0. The summed E-state index contributed by atoms with van der Waals surface area (Å²) < 4.78 is 11.5. The number of methoxy groups -OCH3 is 1. The molecule has 7 nitrogen and oxygen atoms in total. The van der Waals surface area contributed by atoms with E-state index in [1.807, 2.05) is 36.9 Å². The first-order valence-corrected chi connectivity index (χ1v) is 10.6. The second-order valence-electron chi connectivity index (χ2n) is 8.49. The molecule has 0 spiro atoms. The fourth-order valence-corrected chi connectivity index (χ4v) is 4.29. The number of rotatable bonds is 2. The van der Waals surface area contributed by atoms with Crippen LogP contribution in [-0.2, 0) is 16.0 Å². The number of phenols is 1. The minimum Gasteiger partial charge on any atom is -0.504 e. The number of phenolic OH excluding ortho intramolecular Hbond substituents is 1. The molecule has 0 radical (unpaired) electrons. The maximum absolute atomic E-state index is 12.7. The van der Waals surface area contributed by atoms with E-state index in [9.17, 15) is 14.7 Å². The van der Waals surface area contributed by atoms with Crippen molar-refractivity contribution in [3.05, 3.63) is 47.5 Å². The number of nitrogens with zero attached hydrogens (tertiary/aromatic N) is 1.